The van der Waals surface area contributed by atoms with Gasteiger partial charge >= 0.3 is 0 Å². The van der Waals surface area contributed by atoms with Crippen LogP contribution in [0.4, 0.5) is 0 Å². The zero-order chi connectivity index (χ0) is 19.4. The lowest BCUT2D eigenvalue weighted by molar-refractivity contribution is -0.129. The lowest BCUT2D eigenvalue weighted by atomic mass is 9.80. The van der Waals surface area contributed by atoms with Crippen LogP contribution in [0.3, 0.4) is 0 Å². The van der Waals surface area contributed by atoms with Crippen molar-refractivity contribution in [2.24, 2.45) is 24.8 Å². The van der Waals surface area contributed by atoms with Gasteiger partial charge in [-0.15, -0.1) is 0 Å². The number of methoxy groups -OCH3 is 1. The summed E-state index contributed by atoms with van der Waals surface area (Å²) in [5, 5.41) is 8.01. The molecule has 1 aromatic heterocycles. The van der Waals surface area contributed by atoms with E-state index in [0.29, 0.717) is 25.5 Å². The van der Waals surface area contributed by atoms with Crippen LogP contribution < -0.4 is 5.32 Å². The summed E-state index contributed by atoms with van der Waals surface area (Å²) >= 11 is 0. The Morgan fingerprint density at radius 2 is 2.19 bits per heavy atom. The van der Waals surface area contributed by atoms with E-state index in [9.17, 15) is 4.79 Å². The fourth-order valence-corrected chi connectivity index (χ4v) is 4.71. The van der Waals surface area contributed by atoms with Gasteiger partial charge in [-0.25, -0.2) is 0 Å². The monoisotopic (exact) mass is 374 g/mol. The fraction of sp³-hybridized carbons (Fsp3) is 0.714. The third kappa shape index (κ3) is 4.61. The SMILES string of the molecule is COCCN1C(=O)C[C@@H](CNC[C@H]2C(C)=CCC[C@@H]2C)[C@@H]1c1cnn(C)c1. The third-order valence-corrected chi connectivity index (χ3v) is 6.27. The zero-order valence-electron chi connectivity index (χ0n) is 17.1. The standard InChI is InChI=1S/C21H34N4O2/c1-15-6-5-7-16(2)19(15)13-22-11-17-10-20(26)25(8-9-27-4)21(17)18-12-23-24(3)14-18/h6,12,14,16-17,19,21-22H,5,7-11,13H2,1-4H3/t16-,17-,19-,21+/m0/s1. The highest BCUT2D eigenvalue weighted by atomic mass is 16.5. The second-order valence-electron chi connectivity index (χ2n) is 8.20. The van der Waals surface area contributed by atoms with Crippen LogP contribution in [-0.2, 0) is 16.6 Å². The topological polar surface area (TPSA) is 59.4 Å². The molecule has 1 fully saturated rings. The molecule has 2 heterocycles. The molecule has 2 aliphatic rings. The first-order valence-corrected chi connectivity index (χ1v) is 10.2. The lowest BCUT2D eigenvalue weighted by Crippen LogP contribution is -2.36. The van der Waals surface area contributed by atoms with Gasteiger partial charge in [-0.1, -0.05) is 18.6 Å². The zero-order valence-corrected chi connectivity index (χ0v) is 17.1. The highest BCUT2D eigenvalue weighted by molar-refractivity contribution is 5.79. The molecule has 6 nitrogen and oxygen atoms in total. The predicted octanol–water partition coefficient (Wildman–Crippen LogP) is 2.54. The summed E-state index contributed by atoms with van der Waals surface area (Å²) < 4.78 is 7.04. The summed E-state index contributed by atoms with van der Waals surface area (Å²) in [6, 6.07) is 0.0780. The van der Waals surface area contributed by atoms with Gasteiger partial charge in [0.15, 0.2) is 0 Å². The number of carbonyl (C=O) groups is 1. The number of nitrogens with zero attached hydrogens (tertiary/aromatic N) is 3. The van der Waals surface area contributed by atoms with Gasteiger partial charge in [0, 0.05) is 57.9 Å². The highest BCUT2D eigenvalue weighted by Gasteiger charge is 2.40. The summed E-state index contributed by atoms with van der Waals surface area (Å²) in [5.41, 5.74) is 2.63. The molecule has 0 spiro atoms. The van der Waals surface area contributed by atoms with Crippen molar-refractivity contribution in [2.45, 2.75) is 39.2 Å². The van der Waals surface area contributed by atoms with Gasteiger partial charge in [-0.05, 0) is 31.6 Å². The molecule has 0 aromatic carbocycles. The van der Waals surface area contributed by atoms with Crippen LogP contribution >= 0.6 is 0 Å². The number of aryl methyl sites for hydroxylation is 1. The van der Waals surface area contributed by atoms with Crippen molar-refractivity contribution in [3.8, 4) is 0 Å². The minimum Gasteiger partial charge on any atom is -0.383 e. The number of amides is 1. The number of rotatable bonds is 8. The van der Waals surface area contributed by atoms with Crippen molar-refractivity contribution in [3.63, 3.8) is 0 Å². The Bertz CT molecular complexity index is 669. The third-order valence-electron chi connectivity index (χ3n) is 6.27. The van der Waals surface area contributed by atoms with Crippen molar-refractivity contribution in [1.82, 2.24) is 20.0 Å². The number of carbonyl (C=O) groups excluding carboxylic acids is 1. The molecule has 1 aliphatic heterocycles. The van der Waals surface area contributed by atoms with E-state index in [1.807, 2.05) is 29.0 Å². The average molecular weight is 375 g/mol. The van der Waals surface area contributed by atoms with Gasteiger partial charge in [-0.2, -0.15) is 5.10 Å². The normalized spacial score (nSPS) is 28.7. The molecule has 0 bridgehead atoms. The summed E-state index contributed by atoms with van der Waals surface area (Å²) in [5.74, 6) is 1.81. The number of hydrogen-bond donors (Lipinski definition) is 1. The molecule has 6 heteroatoms. The Hall–Kier alpha value is -1.66. The average Bonchev–Trinajstić information content (AvgIpc) is 3.18. The minimum absolute atomic E-state index is 0.0780. The Balaban J connectivity index is 1.66. The van der Waals surface area contributed by atoms with E-state index in [2.05, 4.69) is 30.3 Å². The molecular weight excluding hydrogens is 340 g/mol. The number of aromatic nitrogens is 2. The van der Waals surface area contributed by atoms with E-state index >= 15 is 0 Å². The molecule has 1 aromatic rings. The largest absolute Gasteiger partial charge is 0.383 e. The summed E-state index contributed by atoms with van der Waals surface area (Å²) in [6.45, 7) is 7.65. The molecule has 1 amide bonds. The molecule has 1 N–H and O–H groups in total. The van der Waals surface area contributed by atoms with E-state index in [4.69, 9.17) is 4.74 Å². The first-order valence-electron chi connectivity index (χ1n) is 10.2. The van der Waals surface area contributed by atoms with E-state index in [-0.39, 0.29) is 17.9 Å². The van der Waals surface area contributed by atoms with Crippen LogP contribution in [0.5, 0.6) is 0 Å². The maximum atomic E-state index is 12.7. The second-order valence-corrected chi connectivity index (χ2v) is 8.20. The Morgan fingerprint density at radius 1 is 1.37 bits per heavy atom. The van der Waals surface area contributed by atoms with Gasteiger partial charge in [0.2, 0.25) is 5.91 Å². The smallest absolute Gasteiger partial charge is 0.223 e. The highest BCUT2D eigenvalue weighted by Crippen LogP contribution is 2.37. The van der Waals surface area contributed by atoms with Crippen LogP contribution in [0.25, 0.3) is 0 Å². The van der Waals surface area contributed by atoms with Crippen LogP contribution in [-0.4, -0.2) is 53.9 Å². The molecular formula is C21H34N4O2. The first kappa shape index (κ1) is 20.1. The van der Waals surface area contributed by atoms with Crippen molar-refractivity contribution in [1.29, 1.82) is 0 Å². The number of hydrogen-bond acceptors (Lipinski definition) is 4. The first-order chi connectivity index (χ1) is 13.0. The molecule has 1 saturated heterocycles. The van der Waals surface area contributed by atoms with Crippen molar-refractivity contribution in [2.75, 3.05) is 33.4 Å². The van der Waals surface area contributed by atoms with E-state index < -0.39 is 0 Å². The summed E-state index contributed by atoms with van der Waals surface area (Å²) in [4.78, 5) is 14.6. The molecule has 0 saturated carbocycles. The molecule has 27 heavy (non-hydrogen) atoms. The van der Waals surface area contributed by atoms with Gasteiger partial charge < -0.3 is 15.0 Å². The summed E-state index contributed by atoms with van der Waals surface area (Å²) in [6.07, 6.45) is 9.38. The van der Waals surface area contributed by atoms with Gasteiger partial charge in [0.25, 0.3) is 0 Å². The quantitative estimate of drug-likeness (QED) is 0.711. The Kier molecular flexibility index (Phi) is 6.71. The minimum atomic E-state index is 0.0780. The van der Waals surface area contributed by atoms with E-state index in [0.717, 1.165) is 24.6 Å². The van der Waals surface area contributed by atoms with Crippen LogP contribution in [0, 0.1) is 17.8 Å². The van der Waals surface area contributed by atoms with E-state index in [1.165, 1.54) is 18.4 Å². The van der Waals surface area contributed by atoms with E-state index in [1.54, 1.807) is 7.11 Å². The summed E-state index contributed by atoms with van der Waals surface area (Å²) in [7, 11) is 3.60. The molecule has 1 aliphatic carbocycles. The van der Waals surface area contributed by atoms with Crippen molar-refractivity contribution in [3.05, 3.63) is 29.6 Å². The van der Waals surface area contributed by atoms with Gasteiger partial charge in [0.05, 0.1) is 18.8 Å². The Labute approximate surface area is 162 Å². The van der Waals surface area contributed by atoms with Gasteiger partial charge in [-0.3, -0.25) is 9.48 Å². The maximum absolute atomic E-state index is 12.7. The predicted molar refractivity (Wildman–Crippen MR) is 106 cm³/mol. The van der Waals surface area contributed by atoms with Gasteiger partial charge in [0.1, 0.15) is 0 Å². The molecule has 0 unspecified atom stereocenters. The number of nitrogens with one attached hydrogen (secondary N) is 1. The lowest BCUT2D eigenvalue weighted by Gasteiger charge is -2.31. The number of allylic oxidation sites excluding steroid dienone is 1. The Morgan fingerprint density at radius 3 is 2.85 bits per heavy atom. The second kappa shape index (κ2) is 9.02. The number of ether oxygens (including phenoxy) is 1. The van der Waals surface area contributed by atoms with Crippen LogP contribution in [0.1, 0.15) is 44.7 Å². The molecule has 3 rings (SSSR count). The van der Waals surface area contributed by atoms with Crippen molar-refractivity contribution >= 4 is 5.91 Å². The van der Waals surface area contributed by atoms with Crippen LogP contribution in [0.15, 0.2) is 24.0 Å². The van der Waals surface area contributed by atoms with Crippen LogP contribution in [0.2, 0.25) is 0 Å². The molecule has 150 valence electrons. The number of likely N-dealkylation sites (tertiary alicyclic amines) is 1. The fourth-order valence-electron chi connectivity index (χ4n) is 4.71. The molecule has 0 radical (unpaired) electrons. The van der Waals surface area contributed by atoms with Crippen molar-refractivity contribution < 1.29 is 9.53 Å². The maximum Gasteiger partial charge on any atom is 0.223 e. The molecule has 4 atom stereocenters.